The minimum atomic E-state index is 0.0666. The molecule has 11 heavy (non-hydrogen) atoms. The molecule has 62 valence electrons. The van der Waals surface area contributed by atoms with Crippen molar-refractivity contribution >= 4 is 5.97 Å². The predicted molar refractivity (Wildman–Crippen MR) is 41.0 cm³/mol. The van der Waals surface area contributed by atoms with Gasteiger partial charge in [-0.1, -0.05) is 12.8 Å². The summed E-state index contributed by atoms with van der Waals surface area (Å²) in [6.45, 7) is 0.667. The monoisotopic (exact) mass is 154 g/mol. The van der Waals surface area contributed by atoms with Crippen LogP contribution in [0.5, 0.6) is 0 Å². The van der Waals surface area contributed by atoms with Crippen molar-refractivity contribution in [2.24, 2.45) is 11.8 Å². The normalized spacial score (nSPS) is 32.7. The zero-order valence-corrected chi connectivity index (χ0v) is 6.71. The largest absolute Gasteiger partial charge is 0.465 e. The lowest BCUT2D eigenvalue weighted by molar-refractivity contribution is -0.142. The van der Waals surface area contributed by atoms with E-state index in [9.17, 15) is 4.79 Å². The van der Waals surface area contributed by atoms with E-state index in [1.807, 2.05) is 0 Å². The molecule has 2 heteroatoms. The number of hydrogen-bond acceptors (Lipinski definition) is 2. The second-order valence-electron chi connectivity index (χ2n) is 3.61. The zero-order chi connectivity index (χ0) is 7.68. The SMILES string of the molecule is O=C1OCC[C@H]1C1CCCC1. The molecular formula is C9H14O2. The lowest BCUT2D eigenvalue weighted by Crippen LogP contribution is -2.16. The first-order valence-corrected chi connectivity index (χ1v) is 4.54. The lowest BCUT2D eigenvalue weighted by Gasteiger charge is -2.12. The van der Waals surface area contributed by atoms with Crippen molar-refractivity contribution in [3.63, 3.8) is 0 Å². The number of carbonyl (C=O) groups is 1. The van der Waals surface area contributed by atoms with Gasteiger partial charge in [0, 0.05) is 0 Å². The minimum Gasteiger partial charge on any atom is -0.465 e. The van der Waals surface area contributed by atoms with E-state index >= 15 is 0 Å². The van der Waals surface area contributed by atoms with Crippen LogP contribution in [0.25, 0.3) is 0 Å². The van der Waals surface area contributed by atoms with Crippen molar-refractivity contribution in [1.29, 1.82) is 0 Å². The van der Waals surface area contributed by atoms with Gasteiger partial charge in [-0.2, -0.15) is 0 Å². The van der Waals surface area contributed by atoms with Gasteiger partial charge in [-0.05, 0) is 25.2 Å². The van der Waals surface area contributed by atoms with E-state index in [0.29, 0.717) is 12.5 Å². The van der Waals surface area contributed by atoms with Crippen LogP contribution in [-0.4, -0.2) is 12.6 Å². The predicted octanol–water partition coefficient (Wildman–Crippen LogP) is 1.74. The van der Waals surface area contributed by atoms with E-state index in [4.69, 9.17) is 4.74 Å². The Balaban J connectivity index is 1.97. The van der Waals surface area contributed by atoms with Crippen LogP contribution in [-0.2, 0) is 9.53 Å². The van der Waals surface area contributed by atoms with Crippen molar-refractivity contribution in [1.82, 2.24) is 0 Å². The fourth-order valence-electron chi connectivity index (χ4n) is 2.30. The Kier molecular flexibility index (Phi) is 1.84. The molecule has 2 fully saturated rings. The van der Waals surface area contributed by atoms with E-state index in [1.165, 1.54) is 25.7 Å². The fraction of sp³-hybridized carbons (Fsp3) is 0.889. The Bertz CT molecular complexity index is 159. The number of cyclic esters (lactones) is 1. The lowest BCUT2D eigenvalue weighted by atomic mass is 9.90. The summed E-state index contributed by atoms with van der Waals surface area (Å²) in [6.07, 6.45) is 6.10. The molecule has 2 nitrogen and oxygen atoms in total. The highest BCUT2D eigenvalue weighted by molar-refractivity contribution is 5.74. The standard InChI is InChI=1S/C9H14O2/c10-9-8(5-6-11-9)7-3-1-2-4-7/h7-8H,1-6H2/t8-/m0/s1. The summed E-state index contributed by atoms with van der Waals surface area (Å²) in [5.41, 5.74) is 0. The van der Waals surface area contributed by atoms with E-state index in [-0.39, 0.29) is 11.9 Å². The van der Waals surface area contributed by atoms with Gasteiger partial charge in [0.2, 0.25) is 0 Å². The van der Waals surface area contributed by atoms with E-state index < -0.39 is 0 Å². The molecule has 0 unspecified atom stereocenters. The van der Waals surface area contributed by atoms with Gasteiger partial charge in [0.1, 0.15) is 0 Å². The molecule has 0 amide bonds. The summed E-state index contributed by atoms with van der Waals surface area (Å²) < 4.78 is 4.94. The molecule has 1 saturated carbocycles. The van der Waals surface area contributed by atoms with Gasteiger partial charge in [-0.15, -0.1) is 0 Å². The Morgan fingerprint density at radius 3 is 2.45 bits per heavy atom. The third-order valence-electron chi connectivity index (χ3n) is 2.94. The Morgan fingerprint density at radius 2 is 1.91 bits per heavy atom. The third kappa shape index (κ3) is 1.26. The highest BCUT2D eigenvalue weighted by Crippen LogP contribution is 2.35. The Hall–Kier alpha value is -0.530. The molecule has 2 rings (SSSR count). The Labute approximate surface area is 66.9 Å². The zero-order valence-electron chi connectivity index (χ0n) is 6.71. The van der Waals surface area contributed by atoms with Gasteiger partial charge in [0.05, 0.1) is 12.5 Å². The van der Waals surface area contributed by atoms with Crippen LogP contribution in [0, 0.1) is 11.8 Å². The first-order chi connectivity index (χ1) is 5.38. The molecular weight excluding hydrogens is 140 g/mol. The van der Waals surface area contributed by atoms with Crippen molar-refractivity contribution < 1.29 is 9.53 Å². The second-order valence-corrected chi connectivity index (χ2v) is 3.61. The molecule has 1 aliphatic heterocycles. The van der Waals surface area contributed by atoms with Gasteiger partial charge in [-0.3, -0.25) is 4.79 Å². The topological polar surface area (TPSA) is 26.3 Å². The van der Waals surface area contributed by atoms with Crippen LogP contribution < -0.4 is 0 Å². The summed E-state index contributed by atoms with van der Waals surface area (Å²) in [7, 11) is 0. The summed E-state index contributed by atoms with van der Waals surface area (Å²) in [4.78, 5) is 11.1. The van der Waals surface area contributed by atoms with E-state index in [0.717, 1.165) is 6.42 Å². The van der Waals surface area contributed by atoms with Crippen LogP contribution in [0.2, 0.25) is 0 Å². The first-order valence-electron chi connectivity index (χ1n) is 4.54. The van der Waals surface area contributed by atoms with Gasteiger partial charge < -0.3 is 4.74 Å². The quantitative estimate of drug-likeness (QED) is 0.538. The van der Waals surface area contributed by atoms with E-state index in [2.05, 4.69) is 0 Å². The molecule has 1 heterocycles. The number of rotatable bonds is 1. The molecule has 0 aromatic carbocycles. The van der Waals surface area contributed by atoms with Crippen LogP contribution in [0.15, 0.2) is 0 Å². The maximum atomic E-state index is 11.1. The maximum Gasteiger partial charge on any atom is 0.309 e. The molecule has 0 bridgehead atoms. The molecule has 2 aliphatic rings. The highest BCUT2D eigenvalue weighted by atomic mass is 16.5. The van der Waals surface area contributed by atoms with Crippen LogP contribution in [0.3, 0.4) is 0 Å². The average molecular weight is 154 g/mol. The number of carbonyl (C=O) groups excluding carboxylic acids is 1. The van der Waals surface area contributed by atoms with Crippen molar-refractivity contribution in [2.75, 3.05) is 6.61 Å². The molecule has 0 aromatic heterocycles. The van der Waals surface area contributed by atoms with Crippen LogP contribution in [0.4, 0.5) is 0 Å². The number of hydrogen-bond donors (Lipinski definition) is 0. The maximum absolute atomic E-state index is 11.1. The third-order valence-corrected chi connectivity index (χ3v) is 2.94. The summed E-state index contributed by atoms with van der Waals surface area (Å²) >= 11 is 0. The second kappa shape index (κ2) is 2.84. The average Bonchev–Trinajstić information content (AvgIpc) is 2.55. The van der Waals surface area contributed by atoms with Crippen molar-refractivity contribution in [2.45, 2.75) is 32.1 Å². The number of esters is 1. The molecule has 1 aliphatic carbocycles. The fourth-order valence-corrected chi connectivity index (χ4v) is 2.30. The smallest absolute Gasteiger partial charge is 0.309 e. The summed E-state index contributed by atoms with van der Waals surface area (Å²) in [5, 5.41) is 0. The minimum absolute atomic E-state index is 0.0666. The van der Waals surface area contributed by atoms with Gasteiger partial charge >= 0.3 is 5.97 Å². The van der Waals surface area contributed by atoms with Crippen LogP contribution >= 0.6 is 0 Å². The van der Waals surface area contributed by atoms with Gasteiger partial charge in [-0.25, -0.2) is 0 Å². The summed E-state index contributed by atoms with van der Waals surface area (Å²) in [6, 6.07) is 0. The van der Waals surface area contributed by atoms with Gasteiger partial charge in [0.15, 0.2) is 0 Å². The Morgan fingerprint density at radius 1 is 1.18 bits per heavy atom. The van der Waals surface area contributed by atoms with E-state index in [1.54, 1.807) is 0 Å². The molecule has 0 spiro atoms. The van der Waals surface area contributed by atoms with Crippen molar-refractivity contribution in [3.05, 3.63) is 0 Å². The summed E-state index contributed by atoms with van der Waals surface area (Å²) in [5.74, 6) is 0.986. The van der Waals surface area contributed by atoms with Crippen LogP contribution in [0.1, 0.15) is 32.1 Å². The first kappa shape index (κ1) is 7.14. The molecule has 1 atom stereocenters. The number of ether oxygens (including phenoxy) is 1. The molecule has 1 saturated heterocycles. The molecule has 0 N–H and O–H groups in total. The molecule has 0 aromatic rings. The molecule has 0 radical (unpaired) electrons. The van der Waals surface area contributed by atoms with Crippen molar-refractivity contribution in [3.8, 4) is 0 Å². The van der Waals surface area contributed by atoms with Gasteiger partial charge in [0.25, 0.3) is 0 Å². The highest BCUT2D eigenvalue weighted by Gasteiger charge is 2.35.